The number of carbonyl (C=O) groups excluding carboxylic acids is 1. The highest BCUT2D eigenvalue weighted by molar-refractivity contribution is 6.30. The largest absolute Gasteiger partial charge is 0.466 e. The lowest BCUT2D eigenvalue weighted by atomic mass is 10.2. The van der Waals surface area contributed by atoms with E-state index in [-0.39, 0.29) is 12.5 Å². The van der Waals surface area contributed by atoms with E-state index in [1.807, 2.05) is 44.0 Å². The summed E-state index contributed by atoms with van der Waals surface area (Å²) in [5, 5.41) is 5.87. The Morgan fingerprint density at radius 1 is 1.21 bits per heavy atom. The first kappa shape index (κ1) is 19.4. The molecule has 1 amide bonds. The van der Waals surface area contributed by atoms with Gasteiger partial charge >= 0.3 is 0 Å². The molecule has 0 atom stereocenters. The van der Waals surface area contributed by atoms with Crippen LogP contribution in [0.25, 0.3) is 11.0 Å². The zero-order valence-electron chi connectivity index (χ0n) is 16.7. The number of aromatic nitrogens is 4. The molecule has 0 spiro atoms. The Hall–Kier alpha value is -2.87. The minimum atomic E-state index is -0.0507. The van der Waals surface area contributed by atoms with E-state index in [2.05, 4.69) is 20.0 Å². The first-order valence-electron chi connectivity index (χ1n) is 9.50. The molecule has 1 saturated heterocycles. The second kappa shape index (κ2) is 7.87. The van der Waals surface area contributed by atoms with Crippen molar-refractivity contribution in [1.82, 2.24) is 24.6 Å². The number of pyridine rings is 2. The van der Waals surface area contributed by atoms with Gasteiger partial charge in [-0.2, -0.15) is 0 Å². The summed E-state index contributed by atoms with van der Waals surface area (Å²) in [5.41, 5.74) is 2.72. The molecule has 29 heavy (non-hydrogen) atoms. The van der Waals surface area contributed by atoms with Crippen LogP contribution in [0, 0.1) is 13.8 Å². The maximum Gasteiger partial charge on any atom is 0.260 e. The van der Waals surface area contributed by atoms with Gasteiger partial charge < -0.3 is 14.5 Å². The molecule has 4 rings (SSSR count). The number of amides is 1. The monoisotopic (exact) mass is 414 g/mol. The number of hydrogen-bond acceptors (Lipinski definition) is 6. The van der Waals surface area contributed by atoms with Gasteiger partial charge in [-0.25, -0.2) is 14.6 Å². The summed E-state index contributed by atoms with van der Waals surface area (Å²) in [7, 11) is 1.83. The van der Waals surface area contributed by atoms with Crippen LogP contribution in [0.5, 0.6) is 5.88 Å². The minimum Gasteiger partial charge on any atom is -0.466 e. The summed E-state index contributed by atoms with van der Waals surface area (Å²) in [6, 6.07) is 5.71. The van der Waals surface area contributed by atoms with Crippen LogP contribution in [-0.4, -0.2) is 63.3 Å². The normalized spacial score (nSPS) is 14.5. The number of aryl methyl sites for hydroxylation is 3. The van der Waals surface area contributed by atoms with Crippen molar-refractivity contribution < 1.29 is 9.53 Å². The van der Waals surface area contributed by atoms with Crippen molar-refractivity contribution in [1.29, 1.82) is 0 Å². The lowest BCUT2D eigenvalue weighted by molar-refractivity contribution is -0.133. The van der Waals surface area contributed by atoms with Crippen molar-refractivity contribution in [3.8, 4) is 5.88 Å². The van der Waals surface area contributed by atoms with Crippen molar-refractivity contribution in [3.63, 3.8) is 0 Å². The van der Waals surface area contributed by atoms with Gasteiger partial charge in [-0.05, 0) is 37.6 Å². The summed E-state index contributed by atoms with van der Waals surface area (Å²) in [6.45, 7) is 6.58. The first-order chi connectivity index (χ1) is 13.9. The van der Waals surface area contributed by atoms with Crippen molar-refractivity contribution in [3.05, 3.63) is 40.7 Å². The van der Waals surface area contributed by atoms with Crippen molar-refractivity contribution >= 4 is 34.4 Å². The molecule has 152 valence electrons. The first-order valence-corrected chi connectivity index (χ1v) is 9.88. The fourth-order valence-corrected chi connectivity index (χ4v) is 3.72. The van der Waals surface area contributed by atoms with E-state index in [0.29, 0.717) is 24.0 Å². The lowest BCUT2D eigenvalue weighted by Crippen LogP contribution is -2.50. The molecule has 9 heteroatoms. The molecule has 0 bridgehead atoms. The summed E-state index contributed by atoms with van der Waals surface area (Å²) in [5.74, 6) is 1.27. The highest BCUT2D eigenvalue weighted by Gasteiger charge is 2.23. The molecule has 4 heterocycles. The van der Waals surface area contributed by atoms with Crippen molar-refractivity contribution in [2.75, 3.05) is 37.7 Å². The predicted octanol–water partition coefficient (Wildman–Crippen LogP) is 2.36. The Kier molecular flexibility index (Phi) is 5.27. The van der Waals surface area contributed by atoms with Crippen molar-refractivity contribution in [2.24, 2.45) is 7.05 Å². The van der Waals surface area contributed by atoms with Crippen LogP contribution in [0.2, 0.25) is 5.02 Å². The molecule has 0 N–H and O–H groups in total. The van der Waals surface area contributed by atoms with Crippen LogP contribution in [0.3, 0.4) is 0 Å². The molecule has 0 aliphatic carbocycles. The van der Waals surface area contributed by atoms with Crippen LogP contribution in [0.4, 0.5) is 5.82 Å². The molecule has 0 aromatic carbocycles. The van der Waals surface area contributed by atoms with Crippen molar-refractivity contribution in [2.45, 2.75) is 13.8 Å². The Labute approximate surface area is 174 Å². The average Bonchev–Trinajstić information content (AvgIpc) is 3.02. The van der Waals surface area contributed by atoms with Gasteiger partial charge in [0.15, 0.2) is 12.3 Å². The molecule has 1 fully saturated rings. The number of ether oxygens (including phenoxy) is 1. The van der Waals surface area contributed by atoms with Gasteiger partial charge in [0.05, 0.1) is 10.4 Å². The number of fused-ring (bicyclic) bond motifs is 1. The molecular weight excluding hydrogens is 392 g/mol. The van der Waals surface area contributed by atoms with Crippen LogP contribution in [0.15, 0.2) is 24.4 Å². The zero-order chi connectivity index (χ0) is 20.5. The fraction of sp³-hybridized carbons (Fsp3) is 0.400. The lowest BCUT2D eigenvalue weighted by Gasteiger charge is -2.35. The third-order valence-electron chi connectivity index (χ3n) is 5.09. The predicted molar refractivity (Wildman–Crippen MR) is 112 cm³/mol. The van der Waals surface area contributed by atoms with Gasteiger partial charge in [0, 0.05) is 45.1 Å². The fourth-order valence-electron chi connectivity index (χ4n) is 3.61. The maximum absolute atomic E-state index is 12.6. The van der Waals surface area contributed by atoms with Gasteiger partial charge in [0.2, 0.25) is 5.88 Å². The van der Waals surface area contributed by atoms with Gasteiger partial charge in [-0.3, -0.25) is 4.79 Å². The van der Waals surface area contributed by atoms with E-state index >= 15 is 0 Å². The van der Waals surface area contributed by atoms with Crippen LogP contribution >= 0.6 is 11.6 Å². The molecule has 3 aromatic heterocycles. The Morgan fingerprint density at radius 2 is 1.97 bits per heavy atom. The van der Waals surface area contributed by atoms with Gasteiger partial charge in [0.1, 0.15) is 5.82 Å². The highest BCUT2D eigenvalue weighted by atomic mass is 35.5. The van der Waals surface area contributed by atoms with Gasteiger partial charge in [-0.1, -0.05) is 11.6 Å². The van der Waals surface area contributed by atoms with Gasteiger partial charge in [0.25, 0.3) is 5.91 Å². The Bertz CT molecular complexity index is 1040. The van der Waals surface area contributed by atoms with Crippen LogP contribution in [-0.2, 0) is 11.8 Å². The summed E-state index contributed by atoms with van der Waals surface area (Å²) in [4.78, 5) is 25.5. The number of hydrogen-bond donors (Lipinski definition) is 0. The number of halogens is 1. The second-order valence-electron chi connectivity index (χ2n) is 7.20. The number of piperazine rings is 1. The summed E-state index contributed by atoms with van der Waals surface area (Å²) < 4.78 is 7.48. The van der Waals surface area contributed by atoms with E-state index < -0.39 is 0 Å². The Morgan fingerprint density at radius 3 is 2.66 bits per heavy atom. The smallest absolute Gasteiger partial charge is 0.260 e. The van der Waals surface area contributed by atoms with Crippen LogP contribution < -0.4 is 9.64 Å². The Balaban J connectivity index is 1.37. The molecule has 1 aliphatic heterocycles. The summed E-state index contributed by atoms with van der Waals surface area (Å²) in [6.07, 6.45) is 1.64. The van der Waals surface area contributed by atoms with E-state index in [4.69, 9.17) is 16.3 Å². The number of anilines is 1. The number of nitrogens with zero attached hydrogens (tertiary/aromatic N) is 6. The standard InChI is InChI=1S/C20H23ClN6O2/c1-13-10-14(2)23-19-18(13)20(24-25(19)3)29-12-17(28)27-8-6-26(7-9-27)16-5-4-15(21)11-22-16/h4-5,10-11H,6-9,12H2,1-3H3. The van der Waals surface area contributed by atoms with E-state index in [1.54, 1.807) is 10.9 Å². The number of carbonyl (C=O) groups is 1. The molecule has 1 aliphatic rings. The topological polar surface area (TPSA) is 76.4 Å². The molecular formula is C20H23ClN6O2. The SMILES string of the molecule is Cc1cc(C)c2c(OCC(=O)N3CCN(c4ccc(Cl)cn4)CC3)nn(C)c2n1. The molecule has 3 aromatic rings. The van der Waals surface area contributed by atoms with E-state index in [0.717, 1.165) is 41.2 Å². The highest BCUT2D eigenvalue weighted by Crippen LogP contribution is 2.27. The van der Waals surface area contributed by atoms with Crippen LogP contribution in [0.1, 0.15) is 11.3 Å². The minimum absolute atomic E-state index is 0.0430. The second-order valence-corrected chi connectivity index (χ2v) is 7.64. The molecule has 8 nitrogen and oxygen atoms in total. The molecule has 0 saturated carbocycles. The average molecular weight is 415 g/mol. The molecule has 0 radical (unpaired) electrons. The summed E-state index contributed by atoms with van der Waals surface area (Å²) >= 11 is 5.90. The quantitative estimate of drug-likeness (QED) is 0.652. The third-order valence-corrected chi connectivity index (χ3v) is 5.31. The molecule has 0 unspecified atom stereocenters. The van der Waals surface area contributed by atoms with Gasteiger partial charge in [-0.15, -0.1) is 5.10 Å². The maximum atomic E-state index is 12.6. The zero-order valence-corrected chi connectivity index (χ0v) is 17.5. The third kappa shape index (κ3) is 3.98. The van der Waals surface area contributed by atoms with E-state index in [9.17, 15) is 4.79 Å². The number of rotatable bonds is 4. The van der Waals surface area contributed by atoms with E-state index in [1.165, 1.54) is 0 Å².